The molecule has 0 amide bonds. The Morgan fingerprint density at radius 3 is 2.03 bits per heavy atom. The van der Waals surface area contributed by atoms with Crippen LogP contribution in [0.2, 0.25) is 0 Å². The van der Waals surface area contributed by atoms with Crippen LogP contribution in [0.1, 0.15) is 40.3 Å². The fraction of sp³-hybridized carbons (Fsp3) is 0.261. The van der Waals surface area contributed by atoms with Crippen LogP contribution in [0, 0.1) is 0 Å². The van der Waals surface area contributed by atoms with Gasteiger partial charge in [0.05, 0.1) is 11.1 Å². The molecule has 1 unspecified atom stereocenters. The Balaban J connectivity index is 1.69. The van der Waals surface area contributed by atoms with Crippen molar-refractivity contribution >= 4 is 17.9 Å². The van der Waals surface area contributed by atoms with E-state index in [0.29, 0.717) is 17.5 Å². The predicted octanol–water partition coefficient (Wildman–Crippen LogP) is 1.98. The minimum atomic E-state index is -1.14. The quantitative estimate of drug-likeness (QED) is 0.559. The molecule has 2 heterocycles. The van der Waals surface area contributed by atoms with Crippen LogP contribution in [-0.2, 0) is 14.2 Å². The summed E-state index contributed by atoms with van der Waals surface area (Å²) in [7, 11) is 0. The molecule has 1 fully saturated rings. The highest BCUT2D eigenvalue weighted by molar-refractivity contribution is 5.90. The third-order valence-corrected chi connectivity index (χ3v) is 5.21. The van der Waals surface area contributed by atoms with E-state index in [4.69, 9.17) is 19.9 Å². The number of hydrogen-bond acceptors (Lipinski definition) is 9. The van der Waals surface area contributed by atoms with Gasteiger partial charge >= 0.3 is 17.6 Å². The van der Waals surface area contributed by atoms with Crippen molar-refractivity contribution in [1.29, 1.82) is 0 Å². The topological polar surface area (TPSA) is 136 Å². The second-order valence-electron chi connectivity index (χ2n) is 7.35. The molecule has 4 atom stereocenters. The number of nitrogens with two attached hydrogens (primary N) is 1. The van der Waals surface area contributed by atoms with E-state index in [1.54, 1.807) is 60.7 Å². The summed E-state index contributed by atoms with van der Waals surface area (Å²) in [6, 6.07) is 16.7. The molecule has 1 aliphatic heterocycles. The van der Waals surface area contributed by atoms with Crippen LogP contribution in [0.15, 0.2) is 71.8 Å². The molecule has 3 aromatic rings. The van der Waals surface area contributed by atoms with Crippen molar-refractivity contribution in [2.45, 2.75) is 37.9 Å². The maximum Gasteiger partial charge on any atom is 0.354 e. The molecule has 0 radical (unpaired) electrons. The van der Waals surface area contributed by atoms with E-state index < -0.39 is 42.2 Å². The maximum absolute atomic E-state index is 12.9. The lowest BCUT2D eigenvalue weighted by molar-refractivity contribution is -0.0530. The number of aromatic nitrogens is 3. The Bertz CT molecular complexity index is 1180. The predicted molar refractivity (Wildman–Crippen MR) is 116 cm³/mol. The highest BCUT2D eigenvalue weighted by Crippen LogP contribution is 2.35. The lowest BCUT2D eigenvalue weighted by atomic mass is 10.1. The van der Waals surface area contributed by atoms with E-state index in [-0.39, 0.29) is 5.95 Å². The molecule has 0 aliphatic carbocycles. The zero-order valence-corrected chi connectivity index (χ0v) is 17.7. The first kappa shape index (κ1) is 22.2. The fourth-order valence-electron chi connectivity index (χ4n) is 3.59. The van der Waals surface area contributed by atoms with Crippen LogP contribution in [0.3, 0.4) is 0 Å². The molecule has 0 spiro atoms. The molecule has 10 heteroatoms. The van der Waals surface area contributed by atoms with Gasteiger partial charge in [-0.3, -0.25) is 4.57 Å². The van der Waals surface area contributed by atoms with Gasteiger partial charge in [-0.1, -0.05) is 43.3 Å². The molecule has 1 saturated heterocycles. The smallest absolute Gasteiger partial charge is 0.354 e. The molecule has 4 rings (SSSR count). The maximum atomic E-state index is 12.9. The van der Waals surface area contributed by atoms with Crippen LogP contribution in [0.4, 0.5) is 5.95 Å². The number of nitrogens with zero attached hydrogens (tertiary/aromatic N) is 3. The summed E-state index contributed by atoms with van der Waals surface area (Å²) in [4.78, 5) is 45.6. The van der Waals surface area contributed by atoms with Gasteiger partial charge in [0.1, 0.15) is 12.4 Å². The lowest BCUT2D eigenvalue weighted by Gasteiger charge is -2.24. The summed E-state index contributed by atoms with van der Waals surface area (Å²) in [6.07, 6.45) is -2.31. The van der Waals surface area contributed by atoms with Gasteiger partial charge in [0, 0.05) is 0 Å². The molecule has 170 valence electrons. The van der Waals surface area contributed by atoms with Gasteiger partial charge in [-0.25, -0.2) is 19.4 Å². The third kappa shape index (κ3) is 4.75. The number of nitrogen functional groups attached to an aromatic ring is 1. The summed E-state index contributed by atoms with van der Waals surface area (Å²) in [5.74, 6) is -1.47. The van der Waals surface area contributed by atoms with Crippen molar-refractivity contribution in [3.05, 3.63) is 88.6 Å². The van der Waals surface area contributed by atoms with E-state index in [2.05, 4.69) is 9.97 Å². The zero-order chi connectivity index (χ0) is 23.4. The number of carbonyl (C=O) groups is 2. The lowest BCUT2D eigenvalue weighted by Crippen LogP contribution is -2.41. The Morgan fingerprint density at radius 1 is 0.970 bits per heavy atom. The van der Waals surface area contributed by atoms with Crippen molar-refractivity contribution in [3.63, 3.8) is 0 Å². The van der Waals surface area contributed by atoms with Gasteiger partial charge in [0.2, 0.25) is 5.95 Å². The summed E-state index contributed by atoms with van der Waals surface area (Å²) >= 11 is 0. The van der Waals surface area contributed by atoms with Crippen LogP contribution in [-0.4, -0.2) is 44.8 Å². The van der Waals surface area contributed by atoms with Crippen LogP contribution < -0.4 is 11.4 Å². The van der Waals surface area contributed by atoms with E-state index in [1.165, 1.54) is 0 Å². The summed E-state index contributed by atoms with van der Waals surface area (Å²) in [5.41, 5.74) is 5.39. The molecular weight excluding hydrogens is 428 g/mol. The number of esters is 2. The minimum absolute atomic E-state index is 0.203. The molecule has 0 saturated carbocycles. The number of anilines is 1. The van der Waals surface area contributed by atoms with Gasteiger partial charge in [0.15, 0.2) is 18.4 Å². The van der Waals surface area contributed by atoms with Gasteiger partial charge in [-0.15, -0.1) is 0 Å². The van der Waals surface area contributed by atoms with Crippen molar-refractivity contribution < 1.29 is 23.8 Å². The summed E-state index contributed by atoms with van der Waals surface area (Å²) in [5, 5.41) is 0. The highest BCUT2D eigenvalue weighted by atomic mass is 16.6. The first-order chi connectivity index (χ1) is 16.0. The van der Waals surface area contributed by atoms with Gasteiger partial charge in [-0.05, 0) is 30.7 Å². The van der Waals surface area contributed by atoms with Gasteiger partial charge in [-0.2, -0.15) is 4.98 Å². The van der Waals surface area contributed by atoms with Crippen molar-refractivity contribution in [3.8, 4) is 0 Å². The third-order valence-electron chi connectivity index (χ3n) is 5.21. The van der Waals surface area contributed by atoms with Crippen LogP contribution >= 0.6 is 0 Å². The summed E-state index contributed by atoms with van der Waals surface area (Å²) in [6.45, 7) is 1.83. The van der Waals surface area contributed by atoms with Gasteiger partial charge < -0.3 is 19.9 Å². The SMILES string of the molecule is CC[C@H]1O[C@@H](n2cnc(N)nc2=O)C(OC(=O)c2ccccc2)[C@H]1OC(=O)c1ccccc1. The zero-order valence-electron chi connectivity index (χ0n) is 17.7. The highest BCUT2D eigenvalue weighted by Gasteiger charge is 2.50. The van der Waals surface area contributed by atoms with Crippen molar-refractivity contribution in [2.24, 2.45) is 0 Å². The van der Waals surface area contributed by atoms with Gasteiger partial charge in [0.25, 0.3) is 0 Å². The van der Waals surface area contributed by atoms with Crippen LogP contribution in [0.5, 0.6) is 0 Å². The van der Waals surface area contributed by atoms with E-state index in [0.717, 1.165) is 10.9 Å². The van der Waals surface area contributed by atoms with Crippen molar-refractivity contribution in [2.75, 3.05) is 5.73 Å². The molecule has 1 aromatic heterocycles. The fourth-order valence-corrected chi connectivity index (χ4v) is 3.59. The number of rotatable bonds is 6. The molecular formula is C23H22N4O6. The standard InChI is InChI=1S/C23H22N4O6/c1-2-16-17(32-20(28)14-9-5-3-6-10-14)18(33-21(29)15-11-7-4-8-12-15)19(31-16)27-13-25-22(24)26-23(27)30/h3-13,16-19H,2H2,1H3,(H2,24,26,30)/t16-,17+,18?,19-/m1/s1. The average Bonchev–Trinajstić information content (AvgIpc) is 3.16. The Labute approximate surface area is 188 Å². The van der Waals surface area contributed by atoms with E-state index in [9.17, 15) is 14.4 Å². The Kier molecular flexibility index (Phi) is 6.45. The largest absolute Gasteiger partial charge is 0.452 e. The molecule has 2 N–H and O–H groups in total. The minimum Gasteiger partial charge on any atom is -0.452 e. The Hall–Kier alpha value is -4.05. The molecule has 0 bridgehead atoms. The molecule has 33 heavy (non-hydrogen) atoms. The van der Waals surface area contributed by atoms with Crippen molar-refractivity contribution in [1.82, 2.24) is 14.5 Å². The first-order valence-corrected chi connectivity index (χ1v) is 10.4. The number of hydrogen-bond donors (Lipinski definition) is 1. The second kappa shape index (κ2) is 9.61. The number of carbonyl (C=O) groups excluding carboxylic acids is 2. The molecule has 1 aliphatic rings. The Morgan fingerprint density at radius 2 is 1.52 bits per heavy atom. The van der Waals surface area contributed by atoms with E-state index in [1.807, 2.05) is 6.92 Å². The van der Waals surface area contributed by atoms with E-state index >= 15 is 0 Å². The number of ether oxygens (including phenoxy) is 3. The normalized spacial score (nSPS) is 22.0. The first-order valence-electron chi connectivity index (χ1n) is 10.4. The molecule has 2 aromatic carbocycles. The summed E-state index contributed by atoms with van der Waals surface area (Å²) < 4.78 is 18.6. The average molecular weight is 450 g/mol. The monoisotopic (exact) mass is 450 g/mol. The molecule has 10 nitrogen and oxygen atoms in total. The van der Waals surface area contributed by atoms with Crippen LogP contribution in [0.25, 0.3) is 0 Å². The second-order valence-corrected chi connectivity index (χ2v) is 7.35. The number of benzene rings is 2.